The minimum absolute atomic E-state index is 1.08. The Morgan fingerprint density at radius 3 is 2.60 bits per heavy atom. The zero-order valence-corrected chi connectivity index (χ0v) is 11.7. The molecule has 0 atom stereocenters. The Hall–Kier alpha value is -2.06. The summed E-state index contributed by atoms with van der Waals surface area (Å²) in [6.45, 7) is 2.25. The molecular formula is C18H21N2+. The zero-order valence-electron chi connectivity index (χ0n) is 11.7. The van der Waals surface area contributed by atoms with Crippen LogP contribution in [-0.4, -0.2) is 11.5 Å². The van der Waals surface area contributed by atoms with E-state index in [1.54, 1.807) is 0 Å². The standard InChI is InChI=1S/C18H20N2/c1-2-7-15(8-3-1)13-19-12-6-9-16-14-20-18-11-5-4-10-17(16)18/h1-5,7-8,10-11,14,19-20H,6,9,12-13H2/p+1. The van der Waals surface area contributed by atoms with Gasteiger partial charge in [0.2, 0.25) is 0 Å². The van der Waals surface area contributed by atoms with E-state index in [1.807, 2.05) is 0 Å². The van der Waals surface area contributed by atoms with Crippen LogP contribution < -0.4 is 5.32 Å². The van der Waals surface area contributed by atoms with Crippen molar-refractivity contribution in [2.45, 2.75) is 19.4 Å². The average Bonchev–Trinajstić information content (AvgIpc) is 2.91. The Morgan fingerprint density at radius 1 is 0.900 bits per heavy atom. The van der Waals surface area contributed by atoms with Crippen LogP contribution in [0.4, 0.5) is 0 Å². The first-order chi connectivity index (χ1) is 9.93. The van der Waals surface area contributed by atoms with Gasteiger partial charge < -0.3 is 10.3 Å². The summed E-state index contributed by atoms with van der Waals surface area (Å²) in [4.78, 5) is 3.34. The lowest BCUT2D eigenvalue weighted by molar-refractivity contribution is -0.670. The van der Waals surface area contributed by atoms with E-state index in [4.69, 9.17) is 0 Å². The summed E-state index contributed by atoms with van der Waals surface area (Å²) in [7, 11) is 0. The molecule has 0 aliphatic carbocycles. The van der Waals surface area contributed by atoms with Crippen LogP contribution in [0.5, 0.6) is 0 Å². The van der Waals surface area contributed by atoms with Gasteiger partial charge in [-0.1, -0.05) is 48.5 Å². The van der Waals surface area contributed by atoms with Gasteiger partial charge in [-0.05, 0) is 18.1 Å². The second-order valence-corrected chi connectivity index (χ2v) is 5.23. The highest BCUT2D eigenvalue weighted by Gasteiger charge is 2.03. The molecule has 0 unspecified atom stereocenters. The molecule has 2 nitrogen and oxygen atoms in total. The first-order valence-corrected chi connectivity index (χ1v) is 7.34. The van der Waals surface area contributed by atoms with Crippen LogP contribution in [0.25, 0.3) is 10.9 Å². The molecule has 1 heterocycles. The summed E-state index contributed by atoms with van der Waals surface area (Å²) < 4.78 is 0. The van der Waals surface area contributed by atoms with Crippen molar-refractivity contribution in [2.75, 3.05) is 6.54 Å². The molecule has 0 spiro atoms. The summed E-state index contributed by atoms with van der Waals surface area (Å²) in [6.07, 6.45) is 4.52. The van der Waals surface area contributed by atoms with Crippen molar-refractivity contribution in [3.05, 3.63) is 71.9 Å². The predicted molar refractivity (Wildman–Crippen MR) is 83.6 cm³/mol. The van der Waals surface area contributed by atoms with Gasteiger partial charge >= 0.3 is 0 Å². The molecule has 0 bridgehead atoms. The Kier molecular flexibility index (Phi) is 4.14. The number of aryl methyl sites for hydroxylation is 1. The minimum Gasteiger partial charge on any atom is -0.361 e. The molecule has 0 amide bonds. The maximum atomic E-state index is 3.34. The molecule has 0 saturated carbocycles. The number of hydrogen-bond donors (Lipinski definition) is 2. The lowest BCUT2D eigenvalue weighted by Crippen LogP contribution is -2.82. The van der Waals surface area contributed by atoms with Crippen LogP contribution in [0.2, 0.25) is 0 Å². The fraction of sp³-hybridized carbons (Fsp3) is 0.222. The Labute approximate surface area is 119 Å². The molecule has 0 saturated heterocycles. The summed E-state index contributed by atoms with van der Waals surface area (Å²) in [5.74, 6) is 0. The molecule has 0 aliphatic rings. The maximum absolute atomic E-state index is 3.34. The van der Waals surface area contributed by atoms with Gasteiger partial charge in [-0.25, -0.2) is 0 Å². The quantitative estimate of drug-likeness (QED) is 0.643. The van der Waals surface area contributed by atoms with Gasteiger partial charge in [-0.3, -0.25) is 0 Å². The Morgan fingerprint density at radius 2 is 1.70 bits per heavy atom. The third-order valence-corrected chi connectivity index (χ3v) is 3.75. The van der Waals surface area contributed by atoms with Crippen LogP contribution >= 0.6 is 0 Å². The number of hydrogen-bond acceptors (Lipinski definition) is 0. The fourth-order valence-electron chi connectivity index (χ4n) is 2.66. The molecular weight excluding hydrogens is 244 g/mol. The Balaban J connectivity index is 1.46. The highest BCUT2D eigenvalue weighted by atomic mass is 14.8. The number of aromatic amines is 1. The van der Waals surface area contributed by atoms with Gasteiger partial charge in [0.05, 0.1) is 6.54 Å². The van der Waals surface area contributed by atoms with Crippen molar-refractivity contribution in [3.63, 3.8) is 0 Å². The van der Waals surface area contributed by atoms with Gasteiger partial charge in [0.25, 0.3) is 0 Å². The third kappa shape index (κ3) is 3.09. The van der Waals surface area contributed by atoms with Gasteiger partial charge in [0.1, 0.15) is 6.54 Å². The molecule has 0 radical (unpaired) electrons. The molecule has 3 N–H and O–H groups in total. The summed E-state index contributed by atoms with van der Waals surface area (Å²) in [6, 6.07) is 19.2. The van der Waals surface area contributed by atoms with E-state index in [2.05, 4.69) is 71.1 Å². The van der Waals surface area contributed by atoms with Crippen molar-refractivity contribution >= 4 is 10.9 Å². The van der Waals surface area contributed by atoms with E-state index >= 15 is 0 Å². The van der Waals surface area contributed by atoms with Crippen molar-refractivity contribution in [1.29, 1.82) is 0 Å². The van der Waals surface area contributed by atoms with Crippen molar-refractivity contribution in [3.8, 4) is 0 Å². The largest absolute Gasteiger partial charge is 0.361 e. The highest BCUT2D eigenvalue weighted by Crippen LogP contribution is 2.18. The topological polar surface area (TPSA) is 32.4 Å². The van der Waals surface area contributed by atoms with Crippen molar-refractivity contribution < 1.29 is 5.32 Å². The lowest BCUT2D eigenvalue weighted by atomic mass is 10.1. The van der Waals surface area contributed by atoms with Gasteiger partial charge in [-0.2, -0.15) is 0 Å². The summed E-state index contributed by atoms with van der Waals surface area (Å²) in [5.41, 5.74) is 4.09. The predicted octanol–water partition coefficient (Wildman–Crippen LogP) is 2.86. The van der Waals surface area contributed by atoms with Crippen LogP contribution in [0.3, 0.4) is 0 Å². The van der Waals surface area contributed by atoms with Gasteiger partial charge in [0, 0.05) is 29.1 Å². The minimum atomic E-state index is 1.08. The fourth-order valence-corrected chi connectivity index (χ4v) is 2.66. The number of H-pyrrole nitrogens is 1. The molecule has 2 aromatic carbocycles. The number of nitrogens with two attached hydrogens (primary N) is 1. The van der Waals surface area contributed by atoms with Crippen LogP contribution in [0.15, 0.2) is 60.8 Å². The van der Waals surface area contributed by atoms with Gasteiger partial charge in [-0.15, -0.1) is 0 Å². The Bertz CT molecular complexity index is 655. The monoisotopic (exact) mass is 265 g/mol. The first-order valence-electron chi connectivity index (χ1n) is 7.34. The second kappa shape index (κ2) is 6.40. The molecule has 3 rings (SSSR count). The van der Waals surface area contributed by atoms with E-state index in [-0.39, 0.29) is 0 Å². The molecule has 102 valence electrons. The van der Waals surface area contributed by atoms with Crippen LogP contribution in [0, 0.1) is 0 Å². The van der Waals surface area contributed by atoms with E-state index in [0.717, 1.165) is 13.0 Å². The van der Waals surface area contributed by atoms with Gasteiger partial charge in [0.15, 0.2) is 0 Å². The highest BCUT2D eigenvalue weighted by molar-refractivity contribution is 5.82. The number of para-hydroxylation sites is 1. The number of rotatable bonds is 6. The molecule has 0 fully saturated rings. The van der Waals surface area contributed by atoms with Crippen LogP contribution in [0.1, 0.15) is 17.5 Å². The van der Waals surface area contributed by atoms with E-state index in [1.165, 1.54) is 35.0 Å². The summed E-state index contributed by atoms with van der Waals surface area (Å²) in [5, 5.41) is 3.76. The lowest BCUT2D eigenvalue weighted by Gasteiger charge is -2.02. The number of benzene rings is 2. The smallest absolute Gasteiger partial charge is 0.101 e. The maximum Gasteiger partial charge on any atom is 0.101 e. The average molecular weight is 265 g/mol. The van der Waals surface area contributed by atoms with Crippen molar-refractivity contribution in [1.82, 2.24) is 4.98 Å². The SMILES string of the molecule is c1ccc(C[NH2+]CCCc2c[nH]c3ccccc23)cc1. The molecule has 1 aromatic heterocycles. The van der Waals surface area contributed by atoms with Crippen LogP contribution in [-0.2, 0) is 13.0 Å². The number of aromatic nitrogens is 1. The van der Waals surface area contributed by atoms with Crippen molar-refractivity contribution in [2.24, 2.45) is 0 Å². The first kappa shape index (κ1) is 12.9. The normalized spacial score (nSPS) is 11.0. The second-order valence-electron chi connectivity index (χ2n) is 5.23. The molecule has 2 heteroatoms. The van der Waals surface area contributed by atoms with E-state index in [0.29, 0.717) is 0 Å². The molecule has 20 heavy (non-hydrogen) atoms. The summed E-state index contributed by atoms with van der Waals surface area (Å²) >= 11 is 0. The zero-order chi connectivity index (χ0) is 13.6. The molecule has 0 aliphatic heterocycles. The van der Waals surface area contributed by atoms with E-state index in [9.17, 15) is 0 Å². The number of quaternary nitrogens is 1. The third-order valence-electron chi connectivity index (χ3n) is 3.75. The number of nitrogens with one attached hydrogen (secondary N) is 1. The molecule has 3 aromatic rings. The van der Waals surface area contributed by atoms with E-state index < -0.39 is 0 Å². The number of fused-ring (bicyclic) bond motifs is 1.